The maximum absolute atomic E-state index is 10.9. The van der Waals surface area contributed by atoms with Crippen LogP contribution in [-0.2, 0) is 11.2 Å². The molecule has 0 saturated heterocycles. The van der Waals surface area contributed by atoms with Gasteiger partial charge in [0, 0.05) is 17.5 Å². The summed E-state index contributed by atoms with van der Waals surface area (Å²) in [6.45, 7) is 1.54. The highest BCUT2D eigenvalue weighted by Crippen LogP contribution is 2.31. The molecule has 0 aromatic heterocycles. The Bertz CT molecular complexity index is 362. The molecule has 14 heavy (non-hydrogen) atoms. The summed E-state index contributed by atoms with van der Waals surface area (Å²) in [5.74, 6) is 1.21. The van der Waals surface area contributed by atoms with Crippen molar-refractivity contribution in [1.29, 1.82) is 0 Å². The molecule has 0 unspecified atom stereocenters. The van der Waals surface area contributed by atoms with Crippen LogP contribution in [0.25, 0.3) is 0 Å². The monoisotopic (exact) mass is 207 g/mol. The summed E-state index contributed by atoms with van der Waals surface area (Å²) in [6, 6.07) is 6.16. The average Bonchev–Trinajstić information content (AvgIpc) is 2.17. The van der Waals surface area contributed by atoms with Gasteiger partial charge in [-0.05, 0) is 42.4 Å². The first-order chi connectivity index (χ1) is 6.75. The summed E-state index contributed by atoms with van der Waals surface area (Å²) in [6.07, 6.45) is 2.37. The third-order valence-electron chi connectivity index (χ3n) is 2.23. The fraction of sp³-hybridized carbons (Fsp3) is 0.364. The lowest BCUT2D eigenvalue weighted by molar-refractivity contribution is -0.114. The normalized spacial score (nSPS) is 14.6. The topological polar surface area (TPSA) is 29.1 Å². The third kappa shape index (κ3) is 2.10. The van der Waals surface area contributed by atoms with Crippen LogP contribution in [0, 0.1) is 0 Å². The van der Waals surface area contributed by atoms with Crippen LogP contribution in [-0.4, -0.2) is 11.7 Å². The summed E-state index contributed by atoms with van der Waals surface area (Å²) in [4.78, 5) is 12.2. The molecule has 2 rings (SSSR count). The van der Waals surface area contributed by atoms with Gasteiger partial charge in [0.15, 0.2) is 0 Å². The van der Waals surface area contributed by atoms with Gasteiger partial charge < -0.3 is 5.32 Å². The van der Waals surface area contributed by atoms with Gasteiger partial charge >= 0.3 is 0 Å². The molecule has 0 spiro atoms. The SMILES string of the molecule is CC(=O)Nc1ccc2c(c1)CCCS2. The van der Waals surface area contributed by atoms with Gasteiger partial charge in [-0.3, -0.25) is 4.79 Å². The zero-order chi connectivity index (χ0) is 9.97. The van der Waals surface area contributed by atoms with Crippen molar-refractivity contribution >= 4 is 23.4 Å². The number of anilines is 1. The van der Waals surface area contributed by atoms with E-state index in [4.69, 9.17) is 0 Å². The van der Waals surface area contributed by atoms with E-state index in [1.807, 2.05) is 17.8 Å². The third-order valence-corrected chi connectivity index (χ3v) is 3.43. The van der Waals surface area contributed by atoms with Gasteiger partial charge in [-0.15, -0.1) is 11.8 Å². The Kier molecular flexibility index (Phi) is 2.77. The minimum atomic E-state index is -0.00610. The number of fused-ring (bicyclic) bond motifs is 1. The van der Waals surface area contributed by atoms with Crippen molar-refractivity contribution in [3.63, 3.8) is 0 Å². The van der Waals surface area contributed by atoms with Crippen LogP contribution in [0.1, 0.15) is 18.9 Å². The van der Waals surface area contributed by atoms with E-state index in [0.29, 0.717) is 0 Å². The van der Waals surface area contributed by atoms with Gasteiger partial charge in [0.25, 0.3) is 0 Å². The largest absolute Gasteiger partial charge is 0.326 e. The molecule has 3 heteroatoms. The molecule has 74 valence electrons. The number of carbonyl (C=O) groups is 1. The second-order valence-corrected chi connectivity index (χ2v) is 4.59. The Balaban J connectivity index is 2.24. The molecule has 1 aromatic carbocycles. The Morgan fingerprint density at radius 1 is 1.50 bits per heavy atom. The number of aryl methyl sites for hydroxylation is 1. The van der Waals surface area contributed by atoms with Crippen molar-refractivity contribution < 1.29 is 4.79 Å². The molecule has 1 aromatic rings. The molecule has 1 aliphatic rings. The number of thioether (sulfide) groups is 1. The Hall–Kier alpha value is -0.960. The highest BCUT2D eigenvalue weighted by molar-refractivity contribution is 7.99. The predicted octanol–water partition coefficient (Wildman–Crippen LogP) is 2.68. The molecule has 0 atom stereocenters. The predicted molar refractivity (Wildman–Crippen MR) is 59.8 cm³/mol. The van der Waals surface area contributed by atoms with Crippen LogP contribution in [0.15, 0.2) is 23.1 Å². The lowest BCUT2D eigenvalue weighted by atomic mass is 10.1. The number of hydrogen-bond acceptors (Lipinski definition) is 2. The van der Waals surface area contributed by atoms with Crippen LogP contribution in [0.3, 0.4) is 0 Å². The van der Waals surface area contributed by atoms with Crippen molar-refractivity contribution in [2.75, 3.05) is 11.1 Å². The molecule has 0 bridgehead atoms. The molecule has 2 nitrogen and oxygen atoms in total. The van der Waals surface area contributed by atoms with E-state index in [1.165, 1.54) is 29.6 Å². The Morgan fingerprint density at radius 2 is 2.36 bits per heavy atom. The molecule has 0 saturated carbocycles. The maximum atomic E-state index is 10.9. The summed E-state index contributed by atoms with van der Waals surface area (Å²) >= 11 is 1.90. The lowest BCUT2D eigenvalue weighted by Crippen LogP contribution is -2.07. The van der Waals surface area contributed by atoms with Gasteiger partial charge in [0.1, 0.15) is 0 Å². The summed E-state index contributed by atoms with van der Waals surface area (Å²) in [5, 5.41) is 2.81. The number of benzene rings is 1. The smallest absolute Gasteiger partial charge is 0.221 e. The average molecular weight is 207 g/mol. The molecule has 0 fully saturated rings. The molecule has 1 amide bonds. The van der Waals surface area contributed by atoms with E-state index in [-0.39, 0.29) is 5.91 Å². The van der Waals surface area contributed by atoms with Gasteiger partial charge in [-0.1, -0.05) is 0 Å². The molecular weight excluding hydrogens is 194 g/mol. The Morgan fingerprint density at radius 3 is 3.14 bits per heavy atom. The number of carbonyl (C=O) groups excluding carboxylic acids is 1. The molecule has 1 N–H and O–H groups in total. The van der Waals surface area contributed by atoms with Gasteiger partial charge in [-0.2, -0.15) is 0 Å². The number of nitrogens with one attached hydrogen (secondary N) is 1. The molecule has 1 aliphatic heterocycles. The fourth-order valence-electron chi connectivity index (χ4n) is 1.64. The second-order valence-electron chi connectivity index (χ2n) is 3.46. The minimum Gasteiger partial charge on any atom is -0.326 e. The van der Waals surface area contributed by atoms with E-state index < -0.39 is 0 Å². The first-order valence-electron chi connectivity index (χ1n) is 4.79. The fourth-order valence-corrected chi connectivity index (χ4v) is 2.66. The van der Waals surface area contributed by atoms with Crippen molar-refractivity contribution in [3.05, 3.63) is 23.8 Å². The quantitative estimate of drug-likeness (QED) is 0.767. The van der Waals surface area contributed by atoms with Crippen LogP contribution in [0.5, 0.6) is 0 Å². The standard InChI is InChI=1S/C11H13NOS/c1-8(13)12-10-4-5-11-9(7-10)3-2-6-14-11/h4-5,7H,2-3,6H2,1H3,(H,12,13). The zero-order valence-electron chi connectivity index (χ0n) is 8.17. The number of hydrogen-bond donors (Lipinski definition) is 1. The van der Waals surface area contributed by atoms with Crippen molar-refractivity contribution in [2.45, 2.75) is 24.7 Å². The van der Waals surface area contributed by atoms with Crippen LogP contribution in [0.4, 0.5) is 5.69 Å². The van der Waals surface area contributed by atoms with Crippen molar-refractivity contribution in [1.82, 2.24) is 0 Å². The molecular formula is C11H13NOS. The summed E-state index contributed by atoms with van der Waals surface area (Å²) < 4.78 is 0. The van der Waals surface area contributed by atoms with E-state index in [2.05, 4.69) is 17.4 Å². The maximum Gasteiger partial charge on any atom is 0.221 e. The first kappa shape index (κ1) is 9.59. The van der Waals surface area contributed by atoms with Crippen molar-refractivity contribution in [2.24, 2.45) is 0 Å². The van der Waals surface area contributed by atoms with E-state index >= 15 is 0 Å². The summed E-state index contributed by atoms with van der Waals surface area (Å²) in [7, 11) is 0. The second kappa shape index (κ2) is 4.05. The molecule has 0 aliphatic carbocycles. The van der Waals surface area contributed by atoms with E-state index in [9.17, 15) is 4.79 Å². The van der Waals surface area contributed by atoms with Gasteiger partial charge in [-0.25, -0.2) is 0 Å². The minimum absolute atomic E-state index is 0.00610. The Labute approximate surface area is 88.1 Å². The van der Waals surface area contributed by atoms with E-state index in [0.717, 1.165) is 12.1 Å². The van der Waals surface area contributed by atoms with Crippen molar-refractivity contribution in [3.8, 4) is 0 Å². The lowest BCUT2D eigenvalue weighted by Gasteiger charge is -2.15. The van der Waals surface area contributed by atoms with Crippen LogP contribution < -0.4 is 5.32 Å². The van der Waals surface area contributed by atoms with Gasteiger partial charge in [0.2, 0.25) is 5.91 Å². The molecule has 1 heterocycles. The highest BCUT2D eigenvalue weighted by atomic mass is 32.2. The van der Waals surface area contributed by atoms with Crippen LogP contribution in [0.2, 0.25) is 0 Å². The number of rotatable bonds is 1. The van der Waals surface area contributed by atoms with E-state index in [1.54, 1.807) is 0 Å². The summed E-state index contributed by atoms with van der Waals surface area (Å²) in [5.41, 5.74) is 2.28. The van der Waals surface area contributed by atoms with Gasteiger partial charge in [0.05, 0.1) is 0 Å². The highest BCUT2D eigenvalue weighted by Gasteiger charge is 2.09. The molecule has 0 radical (unpaired) electrons. The number of amides is 1. The first-order valence-corrected chi connectivity index (χ1v) is 5.77. The zero-order valence-corrected chi connectivity index (χ0v) is 8.99. The van der Waals surface area contributed by atoms with Crippen LogP contribution >= 0.6 is 11.8 Å².